The van der Waals surface area contributed by atoms with E-state index in [2.05, 4.69) is 20.9 Å². The lowest BCUT2D eigenvalue weighted by Crippen LogP contribution is -2.09. The van der Waals surface area contributed by atoms with E-state index in [4.69, 9.17) is 4.74 Å². The smallest absolute Gasteiger partial charge is 0.340 e. The van der Waals surface area contributed by atoms with Crippen molar-refractivity contribution in [1.29, 1.82) is 0 Å². The van der Waals surface area contributed by atoms with Crippen molar-refractivity contribution in [3.63, 3.8) is 0 Å². The molecule has 1 atom stereocenters. The van der Waals surface area contributed by atoms with Gasteiger partial charge in [0.05, 0.1) is 5.56 Å². The lowest BCUT2D eigenvalue weighted by atomic mass is 10.3. The Balaban J connectivity index is 2.66. The Bertz CT molecular complexity index is 261. The van der Waals surface area contributed by atoms with E-state index in [0.717, 1.165) is 0 Å². The maximum atomic E-state index is 11.2. The highest BCUT2D eigenvalue weighted by Gasteiger charge is 2.08. The largest absolute Gasteiger partial charge is 0.447 e. The minimum absolute atomic E-state index is 0.273. The predicted octanol–water partition coefficient (Wildman–Crippen LogP) is 1.98. The standard InChI is InChI=1S/C8H8BrNO2/c1-6(9)12-8(11)7-3-2-4-10-5-7/h2-6H,1H3. The van der Waals surface area contributed by atoms with Gasteiger partial charge in [0.1, 0.15) is 0 Å². The van der Waals surface area contributed by atoms with Crippen molar-refractivity contribution in [2.24, 2.45) is 0 Å². The fourth-order valence-electron chi connectivity index (χ4n) is 0.699. The fourth-order valence-corrected chi connectivity index (χ4v) is 0.869. The number of aromatic nitrogens is 1. The number of rotatable bonds is 2. The number of nitrogens with zero attached hydrogens (tertiary/aromatic N) is 1. The Morgan fingerprint density at radius 3 is 3.00 bits per heavy atom. The van der Waals surface area contributed by atoms with Crippen molar-refractivity contribution in [3.8, 4) is 0 Å². The summed E-state index contributed by atoms with van der Waals surface area (Å²) in [6.07, 6.45) is 3.08. The molecule has 1 unspecified atom stereocenters. The number of pyridine rings is 1. The van der Waals surface area contributed by atoms with Crippen LogP contribution in [-0.2, 0) is 4.74 Å². The first-order chi connectivity index (χ1) is 5.70. The van der Waals surface area contributed by atoms with Crippen LogP contribution in [0.2, 0.25) is 0 Å². The third-order valence-electron chi connectivity index (χ3n) is 1.17. The Morgan fingerprint density at radius 2 is 2.50 bits per heavy atom. The Labute approximate surface area is 78.9 Å². The van der Waals surface area contributed by atoms with Gasteiger partial charge in [0.15, 0.2) is 5.01 Å². The van der Waals surface area contributed by atoms with E-state index in [1.165, 1.54) is 6.20 Å². The number of hydrogen-bond donors (Lipinski definition) is 0. The highest BCUT2D eigenvalue weighted by Crippen LogP contribution is 2.05. The molecule has 0 saturated carbocycles. The van der Waals surface area contributed by atoms with Crippen LogP contribution in [0.5, 0.6) is 0 Å². The van der Waals surface area contributed by atoms with Crippen LogP contribution in [0.25, 0.3) is 0 Å². The lowest BCUT2D eigenvalue weighted by molar-refractivity contribution is 0.0490. The summed E-state index contributed by atoms with van der Waals surface area (Å²) >= 11 is 3.11. The van der Waals surface area contributed by atoms with E-state index >= 15 is 0 Å². The molecule has 12 heavy (non-hydrogen) atoms. The highest BCUT2D eigenvalue weighted by molar-refractivity contribution is 9.09. The molecule has 0 aromatic carbocycles. The maximum Gasteiger partial charge on any atom is 0.340 e. The zero-order valence-corrected chi connectivity index (χ0v) is 8.11. The Hall–Kier alpha value is -0.900. The van der Waals surface area contributed by atoms with Gasteiger partial charge in [-0.15, -0.1) is 0 Å². The van der Waals surface area contributed by atoms with Gasteiger partial charge in [-0.3, -0.25) is 4.98 Å². The van der Waals surface area contributed by atoms with Crippen molar-refractivity contribution < 1.29 is 9.53 Å². The summed E-state index contributed by atoms with van der Waals surface area (Å²) in [5, 5.41) is -0.273. The van der Waals surface area contributed by atoms with Crippen LogP contribution in [0.1, 0.15) is 17.3 Å². The highest BCUT2D eigenvalue weighted by atomic mass is 79.9. The van der Waals surface area contributed by atoms with Crippen molar-refractivity contribution in [2.75, 3.05) is 0 Å². The zero-order chi connectivity index (χ0) is 8.97. The molecule has 0 aliphatic rings. The summed E-state index contributed by atoms with van der Waals surface area (Å²) in [6.45, 7) is 1.73. The minimum Gasteiger partial charge on any atom is -0.447 e. The molecule has 1 rings (SSSR count). The number of hydrogen-bond acceptors (Lipinski definition) is 3. The molecule has 0 radical (unpaired) electrons. The van der Waals surface area contributed by atoms with Crippen molar-refractivity contribution >= 4 is 21.9 Å². The van der Waals surface area contributed by atoms with Crippen molar-refractivity contribution in [3.05, 3.63) is 30.1 Å². The number of carbonyl (C=O) groups is 1. The van der Waals surface area contributed by atoms with Crippen LogP contribution in [0.3, 0.4) is 0 Å². The number of carbonyl (C=O) groups excluding carboxylic acids is 1. The number of alkyl halides is 1. The molecule has 64 valence electrons. The molecule has 0 bridgehead atoms. The molecule has 0 aliphatic carbocycles. The molecule has 0 amide bonds. The van der Waals surface area contributed by atoms with Gasteiger partial charge in [-0.25, -0.2) is 4.79 Å². The van der Waals surface area contributed by atoms with E-state index in [0.29, 0.717) is 5.56 Å². The minimum atomic E-state index is -0.368. The fraction of sp³-hybridized carbons (Fsp3) is 0.250. The molecular formula is C8H8BrNO2. The Morgan fingerprint density at radius 1 is 1.75 bits per heavy atom. The molecule has 0 spiro atoms. The second-order valence-electron chi connectivity index (χ2n) is 2.19. The zero-order valence-electron chi connectivity index (χ0n) is 6.53. The van der Waals surface area contributed by atoms with E-state index in [-0.39, 0.29) is 11.0 Å². The van der Waals surface area contributed by atoms with Crippen molar-refractivity contribution in [2.45, 2.75) is 11.9 Å². The Kier molecular flexibility index (Phi) is 3.22. The van der Waals surface area contributed by atoms with E-state index in [9.17, 15) is 4.79 Å². The molecule has 0 saturated heterocycles. The van der Waals surface area contributed by atoms with Gasteiger partial charge < -0.3 is 4.74 Å². The maximum absolute atomic E-state index is 11.2. The summed E-state index contributed by atoms with van der Waals surface area (Å²) in [7, 11) is 0. The van der Waals surface area contributed by atoms with Crippen LogP contribution in [-0.4, -0.2) is 16.0 Å². The molecule has 1 aromatic rings. The number of halogens is 1. The first kappa shape index (κ1) is 9.19. The van der Waals surface area contributed by atoms with E-state index < -0.39 is 0 Å². The lowest BCUT2D eigenvalue weighted by Gasteiger charge is -2.04. The van der Waals surface area contributed by atoms with Gasteiger partial charge in [-0.2, -0.15) is 0 Å². The average Bonchev–Trinajstić information content (AvgIpc) is 2.05. The van der Waals surface area contributed by atoms with Crippen LogP contribution in [0, 0.1) is 0 Å². The van der Waals surface area contributed by atoms with Crippen LogP contribution in [0.15, 0.2) is 24.5 Å². The second kappa shape index (κ2) is 4.21. The predicted molar refractivity (Wildman–Crippen MR) is 48.0 cm³/mol. The van der Waals surface area contributed by atoms with Crippen molar-refractivity contribution in [1.82, 2.24) is 4.98 Å². The molecule has 0 N–H and O–H groups in total. The third-order valence-corrected chi connectivity index (χ3v) is 1.35. The van der Waals surface area contributed by atoms with Crippen LogP contribution >= 0.6 is 15.9 Å². The SMILES string of the molecule is CC(Br)OC(=O)c1cccnc1. The average molecular weight is 230 g/mol. The summed E-state index contributed by atoms with van der Waals surface area (Å²) in [6, 6.07) is 3.35. The van der Waals surface area contributed by atoms with Gasteiger partial charge in [0, 0.05) is 12.4 Å². The molecule has 3 nitrogen and oxygen atoms in total. The van der Waals surface area contributed by atoms with Crippen LogP contribution in [0.4, 0.5) is 0 Å². The topological polar surface area (TPSA) is 39.2 Å². The first-order valence-corrected chi connectivity index (χ1v) is 4.37. The molecular weight excluding hydrogens is 222 g/mol. The normalized spacial score (nSPS) is 12.2. The van der Waals surface area contributed by atoms with E-state index in [1.807, 2.05) is 0 Å². The third kappa shape index (κ3) is 2.62. The number of ether oxygens (including phenoxy) is 1. The van der Waals surface area contributed by atoms with Crippen LogP contribution < -0.4 is 0 Å². The molecule has 0 fully saturated rings. The van der Waals surface area contributed by atoms with Gasteiger partial charge in [0.2, 0.25) is 0 Å². The monoisotopic (exact) mass is 229 g/mol. The second-order valence-corrected chi connectivity index (χ2v) is 3.48. The van der Waals surface area contributed by atoms with Gasteiger partial charge >= 0.3 is 5.97 Å². The summed E-state index contributed by atoms with van der Waals surface area (Å²) in [5.74, 6) is -0.368. The molecule has 4 heteroatoms. The number of esters is 1. The summed E-state index contributed by atoms with van der Waals surface area (Å²) in [5.41, 5.74) is 0.462. The van der Waals surface area contributed by atoms with E-state index in [1.54, 1.807) is 25.3 Å². The van der Waals surface area contributed by atoms with Gasteiger partial charge in [-0.05, 0) is 35.0 Å². The quantitative estimate of drug-likeness (QED) is 0.576. The first-order valence-electron chi connectivity index (χ1n) is 3.45. The van der Waals surface area contributed by atoms with Gasteiger partial charge in [0.25, 0.3) is 0 Å². The summed E-state index contributed by atoms with van der Waals surface area (Å²) in [4.78, 5) is 15.0. The molecule has 0 aliphatic heterocycles. The molecule has 1 aromatic heterocycles. The molecule has 1 heterocycles. The summed E-state index contributed by atoms with van der Waals surface area (Å²) < 4.78 is 4.87. The van der Waals surface area contributed by atoms with Gasteiger partial charge in [-0.1, -0.05) is 0 Å².